The van der Waals surface area contributed by atoms with E-state index in [1.54, 1.807) is 48.5 Å². The third-order valence-corrected chi connectivity index (χ3v) is 3.82. The largest absolute Gasteiger partial charge is 1.00 e. The van der Waals surface area contributed by atoms with Crippen molar-refractivity contribution in [1.29, 1.82) is 0 Å². The summed E-state index contributed by atoms with van der Waals surface area (Å²) in [6, 6.07) is 13.0. The molecule has 0 aliphatic rings. The summed E-state index contributed by atoms with van der Waals surface area (Å²) >= 11 is 25.2. The number of amides is 1. The Labute approximate surface area is 282 Å². The topological polar surface area (TPSA) is 107 Å². The fourth-order valence-electron chi connectivity index (χ4n) is 1.73. The molecule has 0 fully saturated rings. The second-order valence-electron chi connectivity index (χ2n) is 8.90. The van der Waals surface area contributed by atoms with Crippen molar-refractivity contribution in [3.63, 3.8) is 0 Å². The average molecular weight is 616 g/mol. The first kappa shape index (κ1) is 40.2. The Morgan fingerprint density at radius 2 is 1.19 bits per heavy atom. The number of hydrogen-bond donors (Lipinski definition) is 3. The van der Waals surface area contributed by atoms with Gasteiger partial charge in [-0.05, 0) is 114 Å². The second-order valence-corrected chi connectivity index (χ2v) is 10.7. The number of nitrogens with two attached hydrogens (primary N) is 1. The predicted octanol–water partition coefficient (Wildman–Crippen LogP) is 3.87. The minimum absolute atomic E-state index is 0. The summed E-state index contributed by atoms with van der Waals surface area (Å²) in [5.74, 6) is -0.247. The van der Waals surface area contributed by atoms with Crippen LogP contribution in [0.5, 0.6) is 0 Å². The summed E-state index contributed by atoms with van der Waals surface area (Å²) in [7, 11) is 0. The van der Waals surface area contributed by atoms with Gasteiger partial charge < -0.3 is 16.5 Å². The molecule has 0 saturated carbocycles. The summed E-state index contributed by atoms with van der Waals surface area (Å²) in [6.45, 7) is 11.8. The molecule has 0 atom stereocenters. The number of hydrogen-bond acceptors (Lipinski definition) is 5. The van der Waals surface area contributed by atoms with Crippen LogP contribution in [0.1, 0.15) is 62.3 Å². The fraction of sp³-hybridized carbons (Fsp3) is 0.333. The molecule has 36 heavy (non-hydrogen) atoms. The maximum atomic E-state index is 11.8. The van der Waals surface area contributed by atoms with Crippen LogP contribution in [0.2, 0.25) is 10.0 Å². The van der Waals surface area contributed by atoms with Crippen molar-refractivity contribution < 1.29 is 61.0 Å². The minimum Gasteiger partial charge on any atom is -0.753 e. The van der Waals surface area contributed by atoms with Crippen LogP contribution in [-0.4, -0.2) is 32.5 Å². The van der Waals surface area contributed by atoms with Crippen LogP contribution >= 0.6 is 59.2 Å². The zero-order valence-corrected chi connectivity index (χ0v) is 28.4. The van der Waals surface area contributed by atoms with Crippen LogP contribution < -0.4 is 67.8 Å². The molecule has 0 heterocycles. The molecule has 0 aliphatic heterocycles. The van der Waals surface area contributed by atoms with Gasteiger partial charge in [-0.25, -0.2) is 0 Å². The van der Waals surface area contributed by atoms with Crippen molar-refractivity contribution in [3.05, 3.63) is 75.1 Å². The van der Waals surface area contributed by atoms with Crippen molar-refractivity contribution in [2.45, 2.75) is 52.6 Å². The Hall–Kier alpha value is -0.264. The van der Waals surface area contributed by atoms with Crippen molar-refractivity contribution in [2.75, 3.05) is 0 Å². The third-order valence-electron chi connectivity index (χ3n) is 2.89. The Morgan fingerprint density at radius 3 is 1.47 bits per heavy atom. The molecule has 0 unspecified atom stereocenters. The first-order valence-electron chi connectivity index (χ1n) is 10.0. The van der Waals surface area contributed by atoms with E-state index in [-0.39, 0.29) is 68.4 Å². The Bertz CT molecular complexity index is 980. The van der Waals surface area contributed by atoms with Gasteiger partial charge in [-0.2, -0.15) is 5.16 Å². The van der Waals surface area contributed by atoms with Crippen molar-refractivity contribution >= 4 is 80.7 Å². The van der Waals surface area contributed by atoms with E-state index >= 15 is 0 Å². The van der Waals surface area contributed by atoms with Crippen LogP contribution in [0.4, 0.5) is 0 Å². The Kier molecular flexibility index (Phi) is 23.1. The van der Waals surface area contributed by atoms with Crippen LogP contribution in [0.15, 0.2) is 48.5 Å². The summed E-state index contributed by atoms with van der Waals surface area (Å²) in [5.41, 5.74) is 6.16. The van der Waals surface area contributed by atoms with Gasteiger partial charge in [0.25, 0.3) is 11.1 Å². The Morgan fingerprint density at radius 1 is 0.889 bits per heavy atom. The molecule has 2 rings (SSSR count). The second kappa shape index (κ2) is 20.7. The number of nitrogens with zero attached hydrogens (tertiary/aromatic N) is 1. The smallest absolute Gasteiger partial charge is 0.753 e. The quantitative estimate of drug-likeness (QED) is 0.205. The normalized spacial score (nSPS) is 9.61. The molecule has 2 aromatic rings. The van der Waals surface area contributed by atoms with Crippen molar-refractivity contribution in [3.8, 4) is 0 Å². The molecule has 0 spiro atoms. The number of carbonyl (C=O) groups excluding carboxylic acids is 2. The summed E-state index contributed by atoms with van der Waals surface area (Å²) in [6.07, 6.45) is 0. The standard InChI is InChI=1S/C12H15ClN2OS.C7H4Cl2O.C4H11N.CNS.K/c1-12(2,3)15-11(17)14-10(16)8-4-6-9(13)7-5-8;8-6-3-1-5(2-4-6)7(9)10;1-4(2,3)5;2-1-3;/h4-7H,1-3H3,(H2,14,15,16,17);1-4H;5H2,1-3H3;;/q;;;-1;+1. The number of halogens is 3. The molecule has 1 amide bonds. The van der Waals surface area contributed by atoms with Gasteiger partial charge in [0.1, 0.15) is 0 Å². The number of nitrogens with one attached hydrogen (secondary N) is 2. The molecule has 0 bridgehead atoms. The molecule has 12 heteroatoms. The molecule has 0 aliphatic carbocycles. The van der Waals surface area contributed by atoms with Crippen LogP contribution in [0.3, 0.4) is 0 Å². The molecule has 192 valence electrons. The molecule has 0 aromatic heterocycles. The zero-order valence-electron chi connectivity index (χ0n) is 21.4. The first-order valence-corrected chi connectivity index (χ1v) is 12.0. The van der Waals surface area contributed by atoms with Gasteiger partial charge in [0.2, 0.25) is 0 Å². The van der Waals surface area contributed by atoms with E-state index in [1.807, 2.05) is 41.5 Å². The van der Waals surface area contributed by atoms with Crippen molar-refractivity contribution in [2.24, 2.45) is 5.73 Å². The number of carbonyl (C=O) groups is 2. The summed E-state index contributed by atoms with van der Waals surface area (Å²) in [5, 5.41) is 15.1. The summed E-state index contributed by atoms with van der Waals surface area (Å²) < 4.78 is 0. The SMILES string of the molecule is CC(C)(C)N.CC(C)(C)NC(=S)NC(=O)c1ccc(Cl)cc1.O=C(Cl)c1ccc(Cl)cc1.[K+].[N-]=C=S. The number of rotatable bonds is 2. The van der Waals surface area contributed by atoms with Gasteiger partial charge in [-0.3, -0.25) is 14.9 Å². The first-order chi connectivity index (χ1) is 15.9. The molecular formula is C24H30Cl3KN4O2S2. The number of thiocarbonyl (C=S) groups is 2. The van der Waals surface area contributed by atoms with Crippen LogP contribution in [-0.2, 0) is 0 Å². The average Bonchev–Trinajstić information content (AvgIpc) is 2.67. The maximum Gasteiger partial charge on any atom is 1.00 e. The van der Waals surface area contributed by atoms with E-state index in [4.69, 9.17) is 58.2 Å². The van der Waals surface area contributed by atoms with E-state index in [0.717, 1.165) is 0 Å². The summed E-state index contributed by atoms with van der Waals surface area (Å²) in [4.78, 5) is 22.2. The van der Waals surface area contributed by atoms with E-state index in [0.29, 0.717) is 26.3 Å². The monoisotopic (exact) mass is 614 g/mol. The minimum atomic E-state index is -0.461. The van der Waals surface area contributed by atoms with Gasteiger partial charge in [-0.15, -0.1) is 0 Å². The van der Waals surface area contributed by atoms with E-state index in [1.165, 1.54) is 5.16 Å². The van der Waals surface area contributed by atoms with Gasteiger partial charge in [0, 0.05) is 32.3 Å². The number of benzene rings is 2. The van der Waals surface area contributed by atoms with Crippen LogP contribution in [0, 0.1) is 0 Å². The third kappa shape index (κ3) is 26.8. The molecular weight excluding hydrogens is 586 g/mol. The predicted molar refractivity (Wildman–Crippen MR) is 156 cm³/mol. The van der Waals surface area contributed by atoms with E-state index in [2.05, 4.69) is 22.9 Å². The van der Waals surface area contributed by atoms with Gasteiger partial charge in [0.05, 0.1) is 0 Å². The van der Waals surface area contributed by atoms with Crippen LogP contribution in [0.25, 0.3) is 5.41 Å². The molecule has 4 N–H and O–H groups in total. The molecule has 0 radical (unpaired) electrons. The van der Waals surface area contributed by atoms with E-state index < -0.39 is 5.24 Å². The van der Waals surface area contributed by atoms with Gasteiger partial charge >= 0.3 is 51.4 Å². The van der Waals surface area contributed by atoms with E-state index in [9.17, 15) is 9.59 Å². The van der Waals surface area contributed by atoms with Crippen molar-refractivity contribution in [1.82, 2.24) is 10.6 Å². The molecule has 0 saturated heterocycles. The maximum absolute atomic E-state index is 11.8. The Balaban J connectivity index is -0.000000485. The molecule has 2 aromatic carbocycles. The van der Waals surface area contributed by atoms with Gasteiger partial charge in [-0.1, -0.05) is 35.4 Å². The number of isothiocyanates is 1. The molecule has 6 nitrogen and oxygen atoms in total. The van der Waals surface area contributed by atoms with Gasteiger partial charge in [0.15, 0.2) is 5.11 Å². The fourth-order valence-corrected chi connectivity index (χ4v) is 2.51. The zero-order chi connectivity index (χ0) is 27.8.